The predicted molar refractivity (Wildman–Crippen MR) is 141 cm³/mol. The third kappa shape index (κ3) is 4.94. The van der Waals surface area contributed by atoms with Gasteiger partial charge in [-0.1, -0.05) is 50.2 Å². The molecule has 0 saturated carbocycles. The molecule has 1 amide bonds. The van der Waals surface area contributed by atoms with Crippen LogP contribution in [-0.4, -0.2) is 37.8 Å². The number of hydrogen-bond acceptors (Lipinski definition) is 6. The van der Waals surface area contributed by atoms with E-state index >= 15 is 0 Å². The van der Waals surface area contributed by atoms with Gasteiger partial charge >= 0.3 is 0 Å². The Balaban J connectivity index is 1.91. The number of aryl methyl sites for hydroxylation is 2. The van der Waals surface area contributed by atoms with E-state index in [1.807, 2.05) is 44.2 Å². The summed E-state index contributed by atoms with van der Waals surface area (Å²) in [6, 6.07) is 13.5. The zero-order valence-electron chi connectivity index (χ0n) is 20.9. The Labute approximate surface area is 213 Å². The molecule has 0 radical (unpaired) electrons. The van der Waals surface area contributed by atoms with Crippen molar-refractivity contribution in [1.29, 1.82) is 0 Å². The highest BCUT2D eigenvalue weighted by Gasteiger charge is 2.33. The lowest BCUT2D eigenvalue weighted by Crippen LogP contribution is -2.43. The van der Waals surface area contributed by atoms with Crippen molar-refractivity contribution < 1.29 is 9.18 Å². The smallest absolute Gasteiger partial charge is 0.264 e. The first-order chi connectivity index (χ1) is 17.2. The van der Waals surface area contributed by atoms with E-state index in [0.717, 1.165) is 5.56 Å². The standard InChI is InChI=1S/C27H30FN5O2S/c1-16(2)23(32(13-12-29)26(34)20-11-10-17(3)21(28)14-20)24-30-25-22(18(4)31-36-25)27(35)33(24)15-19-8-6-5-7-9-19/h5-11,14,16,23H,12-13,15,29H2,1-4H3/t23-/m1/s1. The highest BCUT2D eigenvalue weighted by molar-refractivity contribution is 7.12. The molecule has 0 unspecified atom stereocenters. The first kappa shape index (κ1) is 25.7. The van der Waals surface area contributed by atoms with Gasteiger partial charge in [-0.05, 0) is 54.6 Å². The Morgan fingerprint density at radius 1 is 1.17 bits per heavy atom. The molecule has 4 aromatic rings. The van der Waals surface area contributed by atoms with Crippen molar-refractivity contribution in [1.82, 2.24) is 18.8 Å². The summed E-state index contributed by atoms with van der Waals surface area (Å²) >= 11 is 1.17. The summed E-state index contributed by atoms with van der Waals surface area (Å²) in [7, 11) is 0. The van der Waals surface area contributed by atoms with Gasteiger partial charge in [-0.15, -0.1) is 0 Å². The van der Waals surface area contributed by atoms with Crippen LogP contribution < -0.4 is 11.3 Å². The third-order valence-corrected chi connectivity index (χ3v) is 7.09. The number of halogens is 1. The number of carbonyl (C=O) groups is 1. The van der Waals surface area contributed by atoms with Crippen molar-refractivity contribution in [3.05, 3.63) is 92.9 Å². The van der Waals surface area contributed by atoms with E-state index in [-0.39, 0.29) is 36.0 Å². The number of nitrogens with two attached hydrogens (primary N) is 1. The van der Waals surface area contributed by atoms with E-state index in [4.69, 9.17) is 10.7 Å². The van der Waals surface area contributed by atoms with E-state index in [2.05, 4.69) is 4.37 Å². The van der Waals surface area contributed by atoms with Gasteiger partial charge in [0.25, 0.3) is 11.5 Å². The number of amides is 1. The van der Waals surface area contributed by atoms with Crippen LogP contribution in [0.2, 0.25) is 0 Å². The van der Waals surface area contributed by atoms with Crippen LogP contribution in [0.1, 0.15) is 52.9 Å². The minimum atomic E-state index is -0.575. The van der Waals surface area contributed by atoms with Crippen LogP contribution in [0, 0.1) is 25.6 Å². The molecule has 0 aliphatic carbocycles. The average molecular weight is 508 g/mol. The number of carbonyl (C=O) groups excluding carboxylic acids is 1. The fraction of sp³-hybridized carbons (Fsp3) is 0.333. The molecule has 0 spiro atoms. The second-order valence-electron chi connectivity index (χ2n) is 9.24. The Bertz CT molecular complexity index is 1450. The van der Waals surface area contributed by atoms with Crippen molar-refractivity contribution in [2.75, 3.05) is 13.1 Å². The molecule has 1 atom stereocenters. The maximum Gasteiger partial charge on any atom is 0.264 e. The van der Waals surface area contributed by atoms with Crippen LogP contribution in [0.25, 0.3) is 10.2 Å². The van der Waals surface area contributed by atoms with Crippen LogP contribution in [0.4, 0.5) is 4.39 Å². The van der Waals surface area contributed by atoms with E-state index in [1.165, 1.54) is 17.6 Å². The highest BCUT2D eigenvalue weighted by Crippen LogP contribution is 2.31. The highest BCUT2D eigenvalue weighted by atomic mass is 32.1. The fourth-order valence-corrected chi connectivity index (χ4v) is 5.20. The first-order valence-corrected chi connectivity index (χ1v) is 12.7. The number of fused-ring (bicyclic) bond motifs is 1. The van der Waals surface area contributed by atoms with Crippen molar-refractivity contribution in [2.45, 2.75) is 40.3 Å². The summed E-state index contributed by atoms with van der Waals surface area (Å²) in [6.07, 6.45) is 0. The molecule has 2 aromatic heterocycles. The van der Waals surface area contributed by atoms with E-state index in [0.29, 0.717) is 33.8 Å². The monoisotopic (exact) mass is 507 g/mol. The maximum absolute atomic E-state index is 14.3. The van der Waals surface area contributed by atoms with Gasteiger partial charge in [0.2, 0.25) is 0 Å². The number of benzene rings is 2. The second-order valence-corrected chi connectivity index (χ2v) is 9.99. The topological polar surface area (TPSA) is 94.1 Å². The minimum Gasteiger partial charge on any atom is -0.329 e. The summed E-state index contributed by atoms with van der Waals surface area (Å²) in [5, 5.41) is 0.486. The molecule has 0 aliphatic heterocycles. The van der Waals surface area contributed by atoms with Gasteiger partial charge in [-0.3, -0.25) is 14.2 Å². The SMILES string of the molecule is Cc1ccc(C(=O)N(CCN)[C@@H](c2nc3snc(C)c3c(=O)n2Cc2ccccc2)C(C)C)cc1F. The summed E-state index contributed by atoms with van der Waals surface area (Å²) in [5.74, 6) is -0.463. The van der Waals surface area contributed by atoms with Crippen molar-refractivity contribution in [3.8, 4) is 0 Å². The largest absolute Gasteiger partial charge is 0.329 e. The first-order valence-electron chi connectivity index (χ1n) is 11.9. The van der Waals surface area contributed by atoms with Crippen molar-refractivity contribution >= 4 is 27.7 Å². The number of hydrogen-bond donors (Lipinski definition) is 1. The fourth-order valence-electron chi connectivity index (χ4n) is 4.42. The lowest BCUT2D eigenvalue weighted by molar-refractivity contribution is 0.0612. The third-order valence-electron chi connectivity index (χ3n) is 6.26. The average Bonchev–Trinajstić information content (AvgIpc) is 3.23. The molecular formula is C27H30FN5O2S. The molecule has 7 nitrogen and oxygen atoms in total. The van der Waals surface area contributed by atoms with Crippen LogP contribution >= 0.6 is 11.5 Å². The predicted octanol–water partition coefficient (Wildman–Crippen LogP) is 4.46. The van der Waals surface area contributed by atoms with Crippen LogP contribution in [-0.2, 0) is 6.54 Å². The molecule has 0 aliphatic rings. The summed E-state index contributed by atoms with van der Waals surface area (Å²) in [6.45, 7) is 8.10. The van der Waals surface area contributed by atoms with Gasteiger partial charge < -0.3 is 10.6 Å². The quantitative estimate of drug-likeness (QED) is 0.380. The molecule has 188 valence electrons. The number of nitrogens with zero attached hydrogens (tertiary/aromatic N) is 4. The van der Waals surface area contributed by atoms with Gasteiger partial charge in [0.05, 0.1) is 23.7 Å². The normalized spacial score (nSPS) is 12.3. The Kier molecular flexibility index (Phi) is 7.61. The molecule has 2 N–H and O–H groups in total. The van der Waals surface area contributed by atoms with Gasteiger partial charge in [0, 0.05) is 18.7 Å². The van der Waals surface area contributed by atoms with Crippen molar-refractivity contribution in [3.63, 3.8) is 0 Å². The van der Waals surface area contributed by atoms with Crippen LogP contribution in [0.3, 0.4) is 0 Å². The van der Waals surface area contributed by atoms with E-state index in [1.54, 1.807) is 35.4 Å². The summed E-state index contributed by atoms with van der Waals surface area (Å²) < 4.78 is 20.3. The number of rotatable bonds is 8. The van der Waals surface area contributed by atoms with E-state index < -0.39 is 11.9 Å². The van der Waals surface area contributed by atoms with Gasteiger partial charge in [0.15, 0.2) is 4.83 Å². The minimum absolute atomic E-state index is 0.115. The van der Waals surface area contributed by atoms with Crippen LogP contribution in [0.5, 0.6) is 0 Å². The van der Waals surface area contributed by atoms with Gasteiger partial charge in [-0.2, -0.15) is 4.37 Å². The van der Waals surface area contributed by atoms with Gasteiger partial charge in [-0.25, -0.2) is 9.37 Å². The molecule has 9 heteroatoms. The summed E-state index contributed by atoms with van der Waals surface area (Å²) in [5.41, 5.74) is 7.99. The van der Waals surface area contributed by atoms with Gasteiger partial charge in [0.1, 0.15) is 11.6 Å². The lowest BCUT2D eigenvalue weighted by Gasteiger charge is -2.35. The Morgan fingerprint density at radius 3 is 2.53 bits per heavy atom. The summed E-state index contributed by atoms with van der Waals surface area (Å²) in [4.78, 5) is 34.5. The Hall–Kier alpha value is -3.43. The molecule has 0 fully saturated rings. The molecule has 2 heterocycles. The zero-order valence-corrected chi connectivity index (χ0v) is 21.7. The van der Waals surface area contributed by atoms with Crippen LogP contribution in [0.15, 0.2) is 53.3 Å². The maximum atomic E-state index is 14.3. The van der Waals surface area contributed by atoms with E-state index in [9.17, 15) is 14.0 Å². The zero-order chi connectivity index (χ0) is 26.0. The second kappa shape index (κ2) is 10.7. The Morgan fingerprint density at radius 2 is 1.89 bits per heavy atom. The lowest BCUT2D eigenvalue weighted by atomic mass is 9.99. The van der Waals surface area contributed by atoms with Crippen molar-refractivity contribution in [2.24, 2.45) is 11.7 Å². The molecule has 36 heavy (non-hydrogen) atoms. The molecule has 4 rings (SSSR count). The molecular weight excluding hydrogens is 477 g/mol. The molecule has 0 bridgehead atoms. The molecule has 0 saturated heterocycles. The molecule has 2 aromatic carbocycles. The number of aromatic nitrogens is 3.